The van der Waals surface area contributed by atoms with Crippen molar-refractivity contribution in [1.29, 1.82) is 0 Å². The first kappa shape index (κ1) is 24.9. The molecule has 3 rings (SSSR count). The smallest absolute Gasteiger partial charge is 0.338 e. The van der Waals surface area contributed by atoms with Crippen LogP contribution < -0.4 is 10.1 Å². The van der Waals surface area contributed by atoms with Crippen LogP contribution in [0.25, 0.3) is 11.4 Å². The van der Waals surface area contributed by atoms with E-state index in [-0.39, 0.29) is 18.3 Å². The predicted molar refractivity (Wildman–Crippen MR) is 128 cm³/mol. The van der Waals surface area contributed by atoms with Gasteiger partial charge in [0.2, 0.25) is 17.6 Å². The molecule has 2 aromatic carbocycles. The largest absolute Gasteiger partial charge is 0.497 e. The Morgan fingerprint density at radius 3 is 2.38 bits per heavy atom. The minimum Gasteiger partial charge on any atom is -0.497 e. The van der Waals surface area contributed by atoms with E-state index >= 15 is 0 Å². The third-order valence-corrected chi connectivity index (χ3v) is 5.32. The number of ether oxygens (including phenoxy) is 2. The maximum atomic E-state index is 12.3. The summed E-state index contributed by atoms with van der Waals surface area (Å²) in [6, 6.07) is 13.9. The highest BCUT2D eigenvalue weighted by Crippen LogP contribution is 2.20. The lowest BCUT2D eigenvalue weighted by atomic mass is 10.2. The highest BCUT2D eigenvalue weighted by molar-refractivity contribution is 5.93. The van der Waals surface area contributed by atoms with E-state index in [0.717, 1.165) is 24.4 Å². The molecule has 3 aromatic rings. The van der Waals surface area contributed by atoms with E-state index in [9.17, 15) is 9.59 Å². The first-order valence-electron chi connectivity index (χ1n) is 11.3. The summed E-state index contributed by atoms with van der Waals surface area (Å²) in [7, 11) is 1.60. The Hall–Kier alpha value is -3.72. The van der Waals surface area contributed by atoms with Gasteiger partial charge in [0.25, 0.3) is 0 Å². The fourth-order valence-corrected chi connectivity index (χ4v) is 3.24. The molecule has 1 amide bonds. The number of nitrogens with one attached hydrogen (secondary N) is 1. The van der Waals surface area contributed by atoms with Gasteiger partial charge in [0.1, 0.15) is 12.4 Å². The van der Waals surface area contributed by atoms with Crippen molar-refractivity contribution in [3.63, 3.8) is 0 Å². The Morgan fingerprint density at radius 2 is 1.74 bits per heavy atom. The minimum absolute atomic E-state index is 0.180. The Balaban J connectivity index is 1.44. The third-order valence-electron chi connectivity index (χ3n) is 5.32. The van der Waals surface area contributed by atoms with Gasteiger partial charge in [0, 0.05) is 30.6 Å². The van der Waals surface area contributed by atoms with E-state index < -0.39 is 0 Å². The number of hydrogen-bond acceptors (Lipinski definition) is 8. The van der Waals surface area contributed by atoms with Crippen molar-refractivity contribution in [3.05, 3.63) is 60.0 Å². The number of carbonyl (C=O) groups excluding carboxylic acids is 2. The van der Waals surface area contributed by atoms with Crippen molar-refractivity contribution >= 4 is 17.6 Å². The number of rotatable bonds is 12. The molecular weight excluding hydrogens is 436 g/mol. The molecule has 0 aliphatic carbocycles. The van der Waals surface area contributed by atoms with Gasteiger partial charge in [-0.3, -0.25) is 4.79 Å². The lowest BCUT2D eigenvalue weighted by molar-refractivity contribution is -0.116. The van der Waals surface area contributed by atoms with Crippen LogP contribution in [0, 0.1) is 0 Å². The third kappa shape index (κ3) is 7.14. The van der Waals surface area contributed by atoms with Crippen LogP contribution in [0.1, 0.15) is 36.5 Å². The zero-order chi connectivity index (χ0) is 24.3. The van der Waals surface area contributed by atoms with Crippen LogP contribution in [0.3, 0.4) is 0 Å². The molecule has 0 aliphatic heterocycles. The normalized spacial score (nSPS) is 10.8. The summed E-state index contributed by atoms with van der Waals surface area (Å²) in [5, 5.41) is 6.77. The molecule has 0 fully saturated rings. The molecule has 0 unspecified atom stereocenters. The zero-order valence-electron chi connectivity index (χ0n) is 19.7. The lowest BCUT2D eigenvalue weighted by Gasteiger charge is -2.17. The van der Waals surface area contributed by atoms with Crippen molar-refractivity contribution in [2.24, 2.45) is 0 Å². The summed E-state index contributed by atoms with van der Waals surface area (Å²) < 4.78 is 15.7. The number of benzene rings is 2. The van der Waals surface area contributed by atoms with Crippen molar-refractivity contribution in [3.8, 4) is 17.1 Å². The van der Waals surface area contributed by atoms with Crippen LogP contribution >= 0.6 is 0 Å². The first-order valence-corrected chi connectivity index (χ1v) is 11.3. The molecular formula is C25H30N4O5. The summed E-state index contributed by atoms with van der Waals surface area (Å²) in [6.45, 7) is 7.02. The average Bonchev–Trinajstić information content (AvgIpc) is 3.35. The van der Waals surface area contributed by atoms with Crippen LogP contribution in [0.15, 0.2) is 53.1 Å². The van der Waals surface area contributed by atoms with Gasteiger partial charge in [-0.2, -0.15) is 4.98 Å². The number of nitrogens with zero attached hydrogens (tertiary/aromatic N) is 3. The van der Waals surface area contributed by atoms with Crippen LogP contribution in [0.2, 0.25) is 0 Å². The minimum atomic E-state index is -0.380. The number of aryl methyl sites for hydroxylation is 1. The van der Waals surface area contributed by atoms with E-state index in [0.29, 0.717) is 42.5 Å². The molecule has 0 radical (unpaired) electrons. The second kappa shape index (κ2) is 12.5. The van der Waals surface area contributed by atoms with Crippen molar-refractivity contribution in [2.45, 2.75) is 26.7 Å². The van der Waals surface area contributed by atoms with Crippen molar-refractivity contribution in [1.82, 2.24) is 15.0 Å². The quantitative estimate of drug-likeness (QED) is 0.402. The summed E-state index contributed by atoms with van der Waals surface area (Å²) >= 11 is 0. The molecule has 1 heterocycles. The maximum Gasteiger partial charge on any atom is 0.338 e. The summed E-state index contributed by atoms with van der Waals surface area (Å²) in [5.74, 6) is 0.999. The number of likely N-dealkylation sites (N-methyl/N-ethyl adjacent to an activating group) is 1. The van der Waals surface area contributed by atoms with E-state index in [1.165, 1.54) is 0 Å². The molecule has 0 saturated heterocycles. The molecule has 180 valence electrons. The van der Waals surface area contributed by atoms with Gasteiger partial charge in [0.15, 0.2) is 0 Å². The Bertz CT molecular complexity index is 1060. The maximum absolute atomic E-state index is 12.3. The predicted octanol–water partition coefficient (Wildman–Crippen LogP) is 3.82. The molecule has 9 heteroatoms. The number of amides is 1. The highest BCUT2D eigenvalue weighted by Gasteiger charge is 2.12. The second-order valence-electron chi connectivity index (χ2n) is 7.53. The number of methoxy groups -OCH3 is 1. The SMILES string of the molecule is CCN(CC)CCOC(=O)c1ccc(NC(=O)CCc2nc(-c3ccc(OC)cc3)no2)cc1. The number of carbonyl (C=O) groups is 2. The summed E-state index contributed by atoms with van der Waals surface area (Å²) in [4.78, 5) is 31.0. The zero-order valence-corrected chi connectivity index (χ0v) is 19.7. The van der Waals surface area contributed by atoms with Gasteiger partial charge >= 0.3 is 5.97 Å². The van der Waals surface area contributed by atoms with E-state index in [1.54, 1.807) is 31.4 Å². The average molecular weight is 467 g/mol. The van der Waals surface area contributed by atoms with Gasteiger partial charge in [0.05, 0.1) is 12.7 Å². The Kier molecular flexibility index (Phi) is 9.16. The molecule has 1 N–H and O–H groups in total. The standard InChI is InChI=1S/C25H30N4O5/c1-4-29(5-2)16-17-33-25(31)19-6-10-20(11-7-19)26-22(30)14-15-23-27-24(28-34-23)18-8-12-21(32-3)13-9-18/h6-13H,4-5,14-17H2,1-3H3,(H,26,30). The van der Waals surface area contributed by atoms with E-state index in [1.807, 2.05) is 24.3 Å². The lowest BCUT2D eigenvalue weighted by Crippen LogP contribution is -2.27. The first-order chi connectivity index (χ1) is 16.5. The van der Waals surface area contributed by atoms with Crippen molar-refractivity contribution in [2.75, 3.05) is 38.7 Å². The molecule has 0 aliphatic rings. The van der Waals surface area contributed by atoms with Crippen LogP contribution in [-0.2, 0) is 16.0 Å². The highest BCUT2D eigenvalue weighted by atomic mass is 16.5. The van der Waals surface area contributed by atoms with Gasteiger partial charge in [-0.15, -0.1) is 0 Å². The van der Waals surface area contributed by atoms with Gasteiger partial charge < -0.3 is 24.2 Å². The summed E-state index contributed by atoms with van der Waals surface area (Å²) in [6.07, 6.45) is 0.491. The number of esters is 1. The van der Waals surface area contributed by atoms with Gasteiger partial charge in [-0.25, -0.2) is 4.79 Å². The van der Waals surface area contributed by atoms with Crippen LogP contribution in [-0.4, -0.2) is 60.3 Å². The van der Waals surface area contributed by atoms with Gasteiger partial charge in [-0.1, -0.05) is 19.0 Å². The molecule has 34 heavy (non-hydrogen) atoms. The van der Waals surface area contributed by atoms with Crippen molar-refractivity contribution < 1.29 is 23.6 Å². The fourth-order valence-electron chi connectivity index (χ4n) is 3.24. The number of aromatic nitrogens is 2. The van der Waals surface area contributed by atoms with E-state index in [2.05, 4.69) is 34.2 Å². The summed E-state index contributed by atoms with van der Waals surface area (Å²) in [5.41, 5.74) is 1.83. The molecule has 9 nitrogen and oxygen atoms in total. The number of hydrogen-bond donors (Lipinski definition) is 1. The van der Waals surface area contributed by atoms with Gasteiger partial charge in [-0.05, 0) is 61.6 Å². The van der Waals surface area contributed by atoms with E-state index in [4.69, 9.17) is 14.0 Å². The fraction of sp³-hybridized carbons (Fsp3) is 0.360. The molecule has 0 atom stereocenters. The molecule has 0 bridgehead atoms. The molecule has 0 spiro atoms. The molecule has 0 saturated carbocycles. The van der Waals surface area contributed by atoms with Crippen LogP contribution in [0.4, 0.5) is 5.69 Å². The van der Waals surface area contributed by atoms with Crippen LogP contribution in [0.5, 0.6) is 5.75 Å². The number of anilines is 1. The second-order valence-corrected chi connectivity index (χ2v) is 7.53. The Morgan fingerprint density at radius 1 is 1.03 bits per heavy atom. The monoisotopic (exact) mass is 466 g/mol. The topological polar surface area (TPSA) is 107 Å². The molecule has 1 aromatic heterocycles. The Labute approximate surface area is 199 Å².